The maximum atomic E-state index is 13.2. The van der Waals surface area contributed by atoms with E-state index in [1.807, 2.05) is 0 Å². The molecule has 0 radical (unpaired) electrons. The normalized spacial score (nSPS) is 17.7. The van der Waals surface area contributed by atoms with Crippen LogP contribution in [0.4, 0.5) is 13.2 Å². The van der Waals surface area contributed by atoms with Gasteiger partial charge in [-0.05, 0) is 18.2 Å². The highest BCUT2D eigenvalue weighted by molar-refractivity contribution is 9.10. The van der Waals surface area contributed by atoms with Crippen molar-refractivity contribution in [2.75, 3.05) is 0 Å². The third-order valence-corrected chi connectivity index (χ3v) is 4.03. The summed E-state index contributed by atoms with van der Waals surface area (Å²) in [6.45, 7) is -0.00881. The van der Waals surface area contributed by atoms with Crippen LogP contribution in [0.3, 0.4) is 0 Å². The maximum absolute atomic E-state index is 13.2. The lowest BCUT2D eigenvalue weighted by Crippen LogP contribution is -2.29. The van der Waals surface area contributed by atoms with Gasteiger partial charge in [0, 0.05) is 22.1 Å². The summed E-state index contributed by atoms with van der Waals surface area (Å²) in [4.78, 5) is 12.2. The number of rotatable bonds is 1. The van der Waals surface area contributed by atoms with Crippen molar-refractivity contribution in [1.82, 2.24) is 5.32 Å². The van der Waals surface area contributed by atoms with Crippen LogP contribution in [0.5, 0.6) is 5.75 Å². The van der Waals surface area contributed by atoms with Crippen LogP contribution in [-0.4, -0.2) is 5.91 Å². The van der Waals surface area contributed by atoms with E-state index >= 15 is 0 Å². The van der Waals surface area contributed by atoms with Crippen LogP contribution in [0.15, 0.2) is 46.9 Å². The molecule has 1 aliphatic heterocycles. The molecule has 0 aliphatic carbocycles. The second-order valence-corrected chi connectivity index (χ2v) is 5.97. The molecular formula is C16H11BrF3NO2. The van der Waals surface area contributed by atoms with Crippen LogP contribution >= 0.6 is 15.9 Å². The van der Waals surface area contributed by atoms with Crippen molar-refractivity contribution in [2.45, 2.75) is 18.8 Å². The number of hydrogen-bond donors (Lipinski definition) is 1. The van der Waals surface area contributed by atoms with Crippen molar-refractivity contribution in [3.05, 3.63) is 63.6 Å². The number of carbonyl (C=O) groups is 1. The van der Waals surface area contributed by atoms with Crippen molar-refractivity contribution in [2.24, 2.45) is 0 Å². The summed E-state index contributed by atoms with van der Waals surface area (Å²) in [5.41, 5.74) is -0.100. The molecule has 0 fully saturated rings. The Labute approximate surface area is 138 Å². The summed E-state index contributed by atoms with van der Waals surface area (Å²) >= 11 is 3.27. The first-order valence-electron chi connectivity index (χ1n) is 6.75. The molecule has 120 valence electrons. The molecule has 3 nitrogen and oxygen atoms in total. The summed E-state index contributed by atoms with van der Waals surface area (Å²) in [5.74, 6) is -0.775. The summed E-state index contributed by atoms with van der Waals surface area (Å²) in [6.07, 6.45) is -5.68. The topological polar surface area (TPSA) is 38.3 Å². The Morgan fingerprint density at radius 3 is 2.48 bits per heavy atom. The third kappa shape index (κ3) is 3.19. The zero-order valence-corrected chi connectivity index (χ0v) is 13.2. The molecule has 0 saturated heterocycles. The highest BCUT2D eigenvalue weighted by atomic mass is 79.9. The summed E-state index contributed by atoms with van der Waals surface area (Å²) in [5, 5.41) is 2.60. The maximum Gasteiger partial charge on any atom is 0.419 e. The van der Waals surface area contributed by atoms with Gasteiger partial charge in [0.05, 0.1) is 5.56 Å². The Morgan fingerprint density at radius 1 is 1.13 bits per heavy atom. The molecule has 2 aromatic carbocycles. The zero-order chi connectivity index (χ0) is 16.6. The Kier molecular flexibility index (Phi) is 4.06. The first-order valence-corrected chi connectivity index (χ1v) is 7.54. The van der Waals surface area contributed by atoms with Crippen molar-refractivity contribution in [3.8, 4) is 5.75 Å². The van der Waals surface area contributed by atoms with Gasteiger partial charge in [0.1, 0.15) is 5.75 Å². The van der Waals surface area contributed by atoms with Crippen LogP contribution < -0.4 is 10.1 Å². The van der Waals surface area contributed by atoms with E-state index in [0.29, 0.717) is 11.1 Å². The highest BCUT2D eigenvalue weighted by Gasteiger charge is 2.38. The standard InChI is InChI=1S/C16H11BrF3NO2/c17-11-6-4-9(5-7-11)14-15(22)21-8-10-2-1-3-12(13(10)23-14)16(18,19)20/h1-7,14H,8H2,(H,21,22). The second kappa shape index (κ2) is 5.88. The van der Waals surface area contributed by atoms with Crippen molar-refractivity contribution in [1.29, 1.82) is 0 Å². The van der Waals surface area contributed by atoms with Gasteiger partial charge in [-0.15, -0.1) is 0 Å². The Balaban J connectivity index is 2.06. The molecule has 0 bridgehead atoms. The van der Waals surface area contributed by atoms with E-state index in [0.717, 1.165) is 10.5 Å². The van der Waals surface area contributed by atoms with Gasteiger partial charge in [0.2, 0.25) is 6.10 Å². The molecule has 0 aromatic heterocycles. The van der Waals surface area contributed by atoms with Crippen LogP contribution in [0.1, 0.15) is 22.8 Å². The van der Waals surface area contributed by atoms with E-state index < -0.39 is 23.8 Å². The zero-order valence-electron chi connectivity index (χ0n) is 11.7. The molecule has 1 atom stereocenters. The quantitative estimate of drug-likeness (QED) is 0.797. The number of halogens is 4. The molecule has 0 spiro atoms. The van der Waals surface area contributed by atoms with E-state index in [9.17, 15) is 18.0 Å². The van der Waals surface area contributed by atoms with Gasteiger partial charge in [-0.2, -0.15) is 13.2 Å². The number of amides is 1. The first-order chi connectivity index (χ1) is 10.9. The third-order valence-electron chi connectivity index (χ3n) is 3.50. The number of alkyl halides is 3. The molecule has 1 heterocycles. The van der Waals surface area contributed by atoms with E-state index in [4.69, 9.17) is 4.74 Å². The molecule has 2 aromatic rings. The molecule has 1 aliphatic rings. The lowest BCUT2D eigenvalue weighted by atomic mass is 10.1. The number of hydrogen-bond acceptors (Lipinski definition) is 2. The van der Waals surface area contributed by atoms with Gasteiger partial charge in [0.25, 0.3) is 5.91 Å². The second-order valence-electron chi connectivity index (χ2n) is 5.06. The molecular weight excluding hydrogens is 375 g/mol. The fourth-order valence-corrected chi connectivity index (χ4v) is 2.65. The lowest BCUT2D eigenvalue weighted by Gasteiger charge is -2.19. The Bertz CT molecular complexity index is 744. The van der Waals surface area contributed by atoms with Crippen LogP contribution in [0.2, 0.25) is 0 Å². The number of ether oxygens (including phenoxy) is 1. The van der Waals surface area contributed by atoms with E-state index in [2.05, 4.69) is 21.2 Å². The van der Waals surface area contributed by atoms with Crippen molar-refractivity contribution < 1.29 is 22.7 Å². The molecule has 7 heteroatoms. The number of carbonyl (C=O) groups excluding carboxylic acids is 1. The minimum Gasteiger partial charge on any atom is -0.475 e. The van der Waals surface area contributed by atoms with Gasteiger partial charge in [-0.3, -0.25) is 4.79 Å². The molecule has 23 heavy (non-hydrogen) atoms. The Hall–Kier alpha value is -2.02. The minimum absolute atomic E-state index is 0.00881. The summed E-state index contributed by atoms with van der Waals surface area (Å²) in [6, 6.07) is 10.4. The SMILES string of the molecule is O=C1NCc2cccc(C(F)(F)F)c2OC1c1ccc(Br)cc1. The molecule has 1 N–H and O–H groups in total. The predicted octanol–water partition coefficient (Wildman–Crippen LogP) is 4.22. The average molecular weight is 386 g/mol. The van der Waals surface area contributed by atoms with Gasteiger partial charge in [0.15, 0.2) is 0 Å². The molecule has 3 rings (SSSR count). The van der Waals surface area contributed by atoms with Crippen LogP contribution in [0.25, 0.3) is 0 Å². The van der Waals surface area contributed by atoms with E-state index in [1.54, 1.807) is 24.3 Å². The first kappa shape index (κ1) is 15.9. The fraction of sp³-hybridized carbons (Fsp3) is 0.188. The van der Waals surface area contributed by atoms with E-state index in [1.165, 1.54) is 12.1 Å². The predicted molar refractivity (Wildman–Crippen MR) is 80.8 cm³/mol. The molecule has 0 saturated carbocycles. The smallest absolute Gasteiger partial charge is 0.419 e. The average Bonchev–Trinajstić information content (AvgIpc) is 2.66. The van der Waals surface area contributed by atoms with Crippen molar-refractivity contribution in [3.63, 3.8) is 0 Å². The lowest BCUT2D eigenvalue weighted by molar-refractivity contribution is -0.140. The van der Waals surface area contributed by atoms with Crippen LogP contribution in [-0.2, 0) is 17.5 Å². The van der Waals surface area contributed by atoms with Crippen molar-refractivity contribution >= 4 is 21.8 Å². The largest absolute Gasteiger partial charge is 0.475 e. The number of fused-ring (bicyclic) bond motifs is 1. The Morgan fingerprint density at radius 2 is 1.83 bits per heavy atom. The number of para-hydroxylation sites is 1. The molecule has 1 unspecified atom stereocenters. The van der Waals surface area contributed by atoms with Gasteiger partial charge < -0.3 is 10.1 Å². The number of benzene rings is 2. The highest BCUT2D eigenvalue weighted by Crippen LogP contribution is 2.41. The summed E-state index contributed by atoms with van der Waals surface area (Å²) < 4.78 is 45.9. The minimum atomic E-state index is -4.55. The summed E-state index contributed by atoms with van der Waals surface area (Å²) in [7, 11) is 0. The molecule has 1 amide bonds. The van der Waals surface area contributed by atoms with E-state index in [-0.39, 0.29) is 12.3 Å². The fourth-order valence-electron chi connectivity index (χ4n) is 2.39. The van der Waals surface area contributed by atoms with Gasteiger partial charge >= 0.3 is 6.18 Å². The van der Waals surface area contributed by atoms with Gasteiger partial charge in [-0.25, -0.2) is 0 Å². The monoisotopic (exact) mass is 385 g/mol. The number of nitrogens with one attached hydrogen (secondary N) is 1. The van der Waals surface area contributed by atoms with Crippen LogP contribution in [0, 0.1) is 0 Å². The van der Waals surface area contributed by atoms with Gasteiger partial charge in [-0.1, -0.05) is 40.2 Å².